The van der Waals surface area contributed by atoms with E-state index in [4.69, 9.17) is 14.2 Å². The fourth-order valence-electron chi connectivity index (χ4n) is 4.45. The molecule has 2 fully saturated rings. The van der Waals surface area contributed by atoms with E-state index in [9.17, 15) is 4.79 Å². The van der Waals surface area contributed by atoms with Gasteiger partial charge in [0.05, 0.1) is 10.2 Å². The van der Waals surface area contributed by atoms with Crippen LogP contribution in [0, 0.1) is 0 Å². The molecule has 2 aromatic carbocycles. The lowest BCUT2D eigenvalue weighted by Gasteiger charge is -2.35. The third kappa shape index (κ3) is 5.07. The molecule has 0 N–H and O–H groups in total. The summed E-state index contributed by atoms with van der Waals surface area (Å²) in [5, 5.41) is 0.634. The van der Waals surface area contributed by atoms with E-state index in [0.29, 0.717) is 17.8 Å². The molecule has 3 heterocycles. The minimum absolute atomic E-state index is 0.195. The minimum atomic E-state index is -0.457. The van der Waals surface area contributed by atoms with Crippen LogP contribution in [0.3, 0.4) is 0 Å². The van der Waals surface area contributed by atoms with Crippen LogP contribution in [0.2, 0.25) is 0 Å². The van der Waals surface area contributed by atoms with Crippen LogP contribution in [0.5, 0.6) is 16.7 Å². The number of nitrogens with zero attached hydrogens (tertiary/aromatic N) is 3. The number of para-hydroxylation sites is 1. The first-order valence-corrected chi connectivity index (χ1v) is 12.2. The van der Waals surface area contributed by atoms with Crippen LogP contribution >= 0.6 is 11.3 Å². The number of amides is 1. The van der Waals surface area contributed by atoms with E-state index in [0.717, 1.165) is 47.8 Å². The normalized spacial score (nSPS) is 20.4. The van der Waals surface area contributed by atoms with Crippen molar-refractivity contribution in [2.75, 3.05) is 26.2 Å². The van der Waals surface area contributed by atoms with Crippen molar-refractivity contribution >= 4 is 27.6 Å². The molecule has 0 spiro atoms. The number of carbonyl (C=O) groups is 1. The van der Waals surface area contributed by atoms with E-state index >= 15 is 0 Å². The summed E-state index contributed by atoms with van der Waals surface area (Å²) in [5.41, 5.74) is 0.490. The van der Waals surface area contributed by atoms with Gasteiger partial charge in [0.1, 0.15) is 23.7 Å². The molecule has 0 aliphatic carbocycles. The number of rotatable bonds is 6. The lowest BCUT2D eigenvalue weighted by Crippen LogP contribution is -2.50. The zero-order valence-electron chi connectivity index (χ0n) is 19.2. The summed E-state index contributed by atoms with van der Waals surface area (Å²) in [7, 11) is 0. The fraction of sp³-hybridized carbons (Fsp3) is 0.440. The third-order valence-corrected chi connectivity index (χ3v) is 6.85. The van der Waals surface area contributed by atoms with Crippen LogP contribution in [0.25, 0.3) is 10.2 Å². The number of fused-ring (bicyclic) bond motifs is 3. The summed E-state index contributed by atoms with van der Waals surface area (Å²) < 4.78 is 18.5. The van der Waals surface area contributed by atoms with Crippen molar-refractivity contribution in [3.63, 3.8) is 0 Å². The van der Waals surface area contributed by atoms with E-state index in [-0.39, 0.29) is 12.1 Å². The molecule has 1 aromatic heterocycles. The Hall–Kier alpha value is -2.84. The Morgan fingerprint density at radius 2 is 1.82 bits per heavy atom. The number of likely N-dealkylation sites (tertiary alicyclic amines) is 2. The van der Waals surface area contributed by atoms with Gasteiger partial charge < -0.3 is 19.1 Å². The Kier molecular flexibility index (Phi) is 5.88. The number of benzene rings is 2. The summed E-state index contributed by atoms with van der Waals surface area (Å²) in [4.78, 5) is 21.2. The Balaban J connectivity index is 1.07. The van der Waals surface area contributed by atoms with Gasteiger partial charge in [-0.15, -0.1) is 0 Å². The summed E-state index contributed by atoms with van der Waals surface area (Å²) in [6.07, 6.45) is 0.816. The van der Waals surface area contributed by atoms with Gasteiger partial charge in [0.25, 0.3) is 5.19 Å². The maximum Gasteiger partial charge on any atom is 0.410 e. The van der Waals surface area contributed by atoms with Crippen LogP contribution in [0.15, 0.2) is 48.5 Å². The van der Waals surface area contributed by atoms with Gasteiger partial charge in [-0.2, -0.15) is 0 Å². The molecular formula is C25H29N3O4S. The predicted octanol–water partition coefficient (Wildman–Crippen LogP) is 5.16. The van der Waals surface area contributed by atoms with Gasteiger partial charge in [-0.25, -0.2) is 9.78 Å². The first-order chi connectivity index (χ1) is 15.8. The molecule has 1 amide bonds. The molecule has 2 aliphatic heterocycles. The van der Waals surface area contributed by atoms with Crippen molar-refractivity contribution in [2.24, 2.45) is 0 Å². The largest absolute Gasteiger partial charge is 0.492 e. The second kappa shape index (κ2) is 8.83. The third-order valence-electron chi connectivity index (χ3n) is 5.93. The maximum absolute atomic E-state index is 12.4. The van der Waals surface area contributed by atoms with Crippen molar-refractivity contribution in [3.05, 3.63) is 48.5 Å². The second-order valence-electron chi connectivity index (χ2n) is 9.54. The Morgan fingerprint density at radius 1 is 1.06 bits per heavy atom. The smallest absolute Gasteiger partial charge is 0.410 e. The van der Waals surface area contributed by atoms with Crippen molar-refractivity contribution in [2.45, 2.75) is 44.9 Å². The highest BCUT2D eigenvalue weighted by molar-refractivity contribution is 7.20. The van der Waals surface area contributed by atoms with Gasteiger partial charge in [-0.1, -0.05) is 23.5 Å². The molecule has 2 aliphatic rings. The molecule has 174 valence electrons. The molecule has 2 bridgehead atoms. The predicted molar refractivity (Wildman–Crippen MR) is 128 cm³/mol. The molecule has 7 nitrogen and oxygen atoms in total. The zero-order valence-corrected chi connectivity index (χ0v) is 20.0. The molecule has 33 heavy (non-hydrogen) atoms. The monoisotopic (exact) mass is 467 g/mol. The second-order valence-corrected chi connectivity index (χ2v) is 10.5. The van der Waals surface area contributed by atoms with Crippen LogP contribution in [0.4, 0.5) is 4.79 Å². The summed E-state index contributed by atoms with van der Waals surface area (Å²) in [6, 6.07) is 16.3. The van der Waals surface area contributed by atoms with Crippen molar-refractivity contribution in [3.8, 4) is 16.7 Å². The van der Waals surface area contributed by atoms with Crippen LogP contribution in [-0.4, -0.2) is 64.8 Å². The number of thiazole rings is 1. The SMILES string of the molecule is CC(C)(C)OC(=O)N1CC2CC1CN2CCOc1ccc(Oc2nc3ccccc3s2)cc1. The van der Waals surface area contributed by atoms with Crippen LogP contribution < -0.4 is 9.47 Å². The van der Waals surface area contributed by atoms with Gasteiger partial charge in [-0.05, 0) is 63.6 Å². The Labute approximate surface area is 197 Å². The quantitative estimate of drug-likeness (QED) is 0.499. The number of hydrogen-bond acceptors (Lipinski definition) is 7. The highest BCUT2D eigenvalue weighted by Gasteiger charge is 2.46. The number of carbonyl (C=O) groups excluding carboxylic acids is 1. The van der Waals surface area contributed by atoms with E-state index in [1.807, 2.05) is 74.2 Å². The Morgan fingerprint density at radius 3 is 2.52 bits per heavy atom. The molecule has 2 atom stereocenters. The maximum atomic E-state index is 12.4. The molecule has 8 heteroatoms. The van der Waals surface area contributed by atoms with E-state index in [1.54, 1.807) is 0 Å². The summed E-state index contributed by atoms with van der Waals surface area (Å²) in [5.74, 6) is 1.55. The fourth-order valence-corrected chi connectivity index (χ4v) is 5.28. The number of hydrogen-bond donors (Lipinski definition) is 0. The van der Waals surface area contributed by atoms with Crippen LogP contribution in [0.1, 0.15) is 27.2 Å². The number of ether oxygens (including phenoxy) is 3. The first kappa shape index (κ1) is 22.0. The number of aromatic nitrogens is 1. The average Bonchev–Trinajstić information content (AvgIpc) is 3.47. The Bertz CT molecular complexity index is 1090. The molecule has 5 rings (SSSR count). The summed E-state index contributed by atoms with van der Waals surface area (Å²) >= 11 is 1.53. The summed E-state index contributed by atoms with van der Waals surface area (Å²) in [6.45, 7) is 8.77. The van der Waals surface area contributed by atoms with Gasteiger partial charge in [0, 0.05) is 31.7 Å². The van der Waals surface area contributed by atoms with Gasteiger partial charge in [0.15, 0.2) is 0 Å². The van der Waals surface area contributed by atoms with Gasteiger partial charge in [0.2, 0.25) is 0 Å². The lowest BCUT2D eigenvalue weighted by molar-refractivity contribution is 0.0122. The van der Waals surface area contributed by atoms with Crippen LogP contribution in [-0.2, 0) is 4.74 Å². The molecule has 0 radical (unpaired) electrons. The lowest BCUT2D eigenvalue weighted by atomic mass is 10.2. The molecule has 2 saturated heterocycles. The molecular weight excluding hydrogens is 438 g/mol. The highest BCUT2D eigenvalue weighted by atomic mass is 32.1. The van der Waals surface area contributed by atoms with Crippen molar-refractivity contribution in [1.29, 1.82) is 0 Å². The molecule has 0 saturated carbocycles. The van der Waals surface area contributed by atoms with Crippen molar-refractivity contribution < 1.29 is 19.0 Å². The first-order valence-electron chi connectivity index (χ1n) is 11.3. The zero-order chi connectivity index (χ0) is 23.0. The minimum Gasteiger partial charge on any atom is -0.492 e. The van der Waals surface area contributed by atoms with E-state index in [1.165, 1.54) is 11.3 Å². The van der Waals surface area contributed by atoms with Gasteiger partial charge in [-0.3, -0.25) is 4.90 Å². The van der Waals surface area contributed by atoms with Gasteiger partial charge >= 0.3 is 6.09 Å². The average molecular weight is 468 g/mol. The van der Waals surface area contributed by atoms with Crippen molar-refractivity contribution in [1.82, 2.24) is 14.8 Å². The molecule has 3 aromatic rings. The highest BCUT2D eigenvalue weighted by Crippen LogP contribution is 2.33. The van der Waals surface area contributed by atoms with E-state index in [2.05, 4.69) is 9.88 Å². The standard InChI is InChI=1S/C25H29N3O4S/c1-25(2,3)32-24(29)28-16-17-14-18(28)15-27(17)12-13-30-19-8-10-20(11-9-19)31-23-26-21-6-4-5-7-22(21)33-23/h4-11,17-18H,12-16H2,1-3H3. The number of piperazine rings is 1. The topological polar surface area (TPSA) is 64.1 Å². The van der Waals surface area contributed by atoms with E-state index < -0.39 is 5.60 Å². The molecule has 2 unspecified atom stereocenters.